The Kier molecular flexibility index (Phi) is 7.07. The van der Waals surface area contributed by atoms with E-state index in [1.807, 2.05) is 12.1 Å². The minimum Gasteiger partial charge on any atom is -0.490 e. The molecule has 5 heteroatoms. The Balaban J connectivity index is 2.68. The molecule has 1 aromatic rings. The van der Waals surface area contributed by atoms with Gasteiger partial charge >= 0.3 is 0 Å². The monoisotopic (exact) mass is 427 g/mol. The summed E-state index contributed by atoms with van der Waals surface area (Å²) in [7, 11) is 0. The summed E-state index contributed by atoms with van der Waals surface area (Å²) < 4.78 is 8.77. The highest BCUT2D eigenvalue weighted by Gasteiger charge is 2.11. The molecule has 0 aliphatic heterocycles. The molecule has 0 spiro atoms. The Hall–Kier alpha value is 0.420. The average Bonchev–Trinajstić information content (AvgIpc) is 2.26. The SMILES string of the molecule is CCNC(CC)COc1c(Br)cc(Br)cc1Br. The molecule has 0 fully saturated rings. The second-order valence-electron chi connectivity index (χ2n) is 3.67. The van der Waals surface area contributed by atoms with E-state index in [1.54, 1.807) is 0 Å². The van der Waals surface area contributed by atoms with Gasteiger partial charge in [0.25, 0.3) is 0 Å². The summed E-state index contributed by atoms with van der Waals surface area (Å²) in [6.07, 6.45) is 1.06. The van der Waals surface area contributed by atoms with Gasteiger partial charge in [0.15, 0.2) is 0 Å². The van der Waals surface area contributed by atoms with Crippen molar-refractivity contribution in [3.05, 3.63) is 25.6 Å². The number of rotatable bonds is 6. The third-order valence-corrected chi connectivity index (χ3v) is 4.01. The fraction of sp³-hybridized carbons (Fsp3) is 0.500. The van der Waals surface area contributed by atoms with Crippen molar-refractivity contribution in [3.8, 4) is 5.75 Å². The molecule has 96 valence electrons. The molecule has 0 aliphatic rings. The number of hydrogen-bond donors (Lipinski definition) is 1. The van der Waals surface area contributed by atoms with Crippen molar-refractivity contribution in [2.45, 2.75) is 26.3 Å². The number of hydrogen-bond acceptors (Lipinski definition) is 2. The van der Waals surface area contributed by atoms with Crippen LogP contribution >= 0.6 is 47.8 Å². The number of likely N-dealkylation sites (N-methyl/N-ethyl adjacent to an activating group) is 1. The van der Waals surface area contributed by atoms with Crippen LogP contribution in [0.25, 0.3) is 0 Å². The molecule has 0 saturated carbocycles. The summed E-state index contributed by atoms with van der Waals surface area (Å²) in [6, 6.07) is 4.35. The van der Waals surface area contributed by atoms with Gasteiger partial charge in [-0.3, -0.25) is 0 Å². The van der Waals surface area contributed by atoms with E-state index in [-0.39, 0.29) is 0 Å². The summed E-state index contributed by atoms with van der Waals surface area (Å²) in [5.74, 6) is 0.851. The van der Waals surface area contributed by atoms with Gasteiger partial charge in [-0.05, 0) is 57.0 Å². The first-order valence-electron chi connectivity index (χ1n) is 5.59. The van der Waals surface area contributed by atoms with Gasteiger partial charge in [-0.1, -0.05) is 29.8 Å². The van der Waals surface area contributed by atoms with E-state index >= 15 is 0 Å². The second kappa shape index (κ2) is 7.77. The third kappa shape index (κ3) is 4.89. The first kappa shape index (κ1) is 15.5. The van der Waals surface area contributed by atoms with Crippen molar-refractivity contribution >= 4 is 47.8 Å². The predicted molar refractivity (Wildman–Crippen MR) is 82.8 cm³/mol. The first-order chi connectivity index (χ1) is 8.08. The molecule has 1 atom stereocenters. The van der Waals surface area contributed by atoms with Crippen LogP contribution in [-0.4, -0.2) is 19.2 Å². The fourth-order valence-electron chi connectivity index (χ4n) is 1.46. The van der Waals surface area contributed by atoms with E-state index in [4.69, 9.17) is 4.74 Å². The Morgan fingerprint density at radius 1 is 1.18 bits per heavy atom. The van der Waals surface area contributed by atoms with Crippen molar-refractivity contribution in [3.63, 3.8) is 0 Å². The number of ether oxygens (including phenoxy) is 1. The Morgan fingerprint density at radius 2 is 1.76 bits per heavy atom. The number of benzene rings is 1. The van der Waals surface area contributed by atoms with Crippen molar-refractivity contribution in [2.24, 2.45) is 0 Å². The molecular weight excluding hydrogens is 414 g/mol. The van der Waals surface area contributed by atoms with Crippen LogP contribution in [0.4, 0.5) is 0 Å². The zero-order valence-electron chi connectivity index (χ0n) is 9.90. The summed E-state index contributed by atoms with van der Waals surface area (Å²) in [5.41, 5.74) is 0. The summed E-state index contributed by atoms with van der Waals surface area (Å²) in [5, 5.41) is 3.39. The molecule has 0 saturated heterocycles. The molecule has 1 aromatic carbocycles. The maximum Gasteiger partial charge on any atom is 0.147 e. The topological polar surface area (TPSA) is 21.3 Å². The van der Waals surface area contributed by atoms with Gasteiger partial charge in [0.1, 0.15) is 12.4 Å². The molecule has 1 unspecified atom stereocenters. The van der Waals surface area contributed by atoms with Crippen LogP contribution in [0.2, 0.25) is 0 Å². The van der Waals surface area contributed by atoms with E-state index in [0.717, 1.165) is 32.1 Å². The lowest BCUT2D eigenvalue weighted by Gasteiger charge is -2.18. The molecule has 0 amide bonds. The van der Waals surface area contributed by atoms with Gasteiger partial charge in [0.2, 0.25) is 0 Å². The average molecular weight is 430 g/mol. The van der Waals surface area contributed by atoms with Crippen molar-refractivity contribution < 1.29 is 4.74 Å². The molecule has 1 rings (SSSR count). The maximum atomic E-state index is 5.85. The van der Waals surface area contributed by atoms with E-state index in [1.165, 1.54) is 0 Å². The van der Waals surface area contributed by atoms with Crippen LogP contribution in [0.15, 0.2) is 25.6 Å². The van der Waals surface area contributed by atoms with Gasteiger partial charge < -0.3 is 10.1 Å². The molecule has 0 aliphatic carbocycles. The van der Waals surface area contributed by atoms with Gasteiger partial charge in [-0.15, -0.1) is 0 Å². The molecule has 0 aromatic heterocycles. The quantitative estimate of drug-likeness (QED) is 0.705. The van der Waals surface area contributed by atoms with Crippen LogP contribution in [0.3, 0.4) is 0 Å². The fourth-order valence-corrected chi connectivity index (χ4v) is 3.95. The number of nitrogens with one attached hydrogen (secondary N) is 1. The molecule has 1 N–H and O–H groups in total. The zero-order chi connectivity index (χ0) is 12.8. The number of halogens is 3. The predicted octanol–water partition coefficient (Wildman–Crippen LogP) is 4.74. The lowest BCUT2D eigenvalue weighted by Crippen LogP contribution is -2.33. The van der Waals surface area contributed by atoms with Crippen molar-refractivity contribution in [1.29, 1.82) is 0 Å². The highest BCUT2D eigenvalue weighted by molar-refractivity contribution is 9.11. The van der Waals surface area contributed by atoms with E-state index < -0.39 is 0 Å². The van der Waals surface area contributed by atoms with Crippen LogP contribution in [0.1, 0.15) is 20.3 Å². The summed E-state index contributed by atoms with van der Waals surface area (Å²) in [6.45, 7) is 5.89. The molecule has 0 bridgehead atoms. The normalized spacial score (nSPS) is 12.5. The van der Waals surface area contributed by atoms with Crippen LogP contribution in [-0.2, 0) is 0 Å². The summed E-state index contributed by atoms with van der Waals surface area (Å²) in [4.78, 5) is 0. The van der Waals surface area contributed by atoms with Crippen molar-refractivity contribution in [1.82, 2.24) is 5.32 Å². The van der Waals surface area contributed by atoms with Crippen LogP contribution in [0.5, 0.6) is 5.75 Å². The second-order valence-corrected chi connectivity index (χ2v) is 6.30. The van der Waals surface area contributed by atoms with Gasteiger partial charge in [-0.2, -0.15) is 0 Å². The van der Waals surface area contributed by atoms with Crippen LogP contribution in [0, 0.1) is 0 Å². The maximum absolute atomic E-state index is 5.85. The lowest BCUT2D eigenvalue weighted by molar-refractivity contribution is 0.259. The van der Waals surface area contributed by atoms with E-state index in [9.17, 15) is 0 Å². The molecular formula is C12H16Br3NO. The van der Waals surface area contributed by atoms with Gasteiger partial charge in [-0.25, -0.2) is 0 Å². The standard InChI is InChI=1S/C12H16Br3NO/c1-3-9(16-4-2)7-17-12-10(14)5-8(13)6-11(12)15/h5-6,9,16H,3-4,7H2,1-2H3. The first-order valence-corrected chi connectivity index (χ1v) is 7.97. The van der Waals surface area contributed by atoms with Gasteiger partial charge in [0.05, 0.1) is 8.95 Å². The Bertz CT molecular complexity index is 348. The minimum absolute atomic E-state index is 0.391. The largest absolute Gasteiger partial charge is 0.490 e. The van der Waals surface area contributed by atoms with Crippen molar-refractivity contribution in [2.75, 3.05) is 13.2 Å². The highest BCUT2D eigenvalue weighted by Crippen LogP contribution is 2.36. The smallest absolute Gasteiger partial charge is 0.147 e. The minimum atomic E-state index is 0.391. The highest BCUT2D eigenvalue weighted by atomic mass is 79.9. The third-order valence-electron chi connectivity index (χ3n) is 2.38. The Morgan fingerprint density at radius 3 is 2.24 bits per heavy atom. The molecule has 17 heavy (non-hydrogen) atoms. The molecule has 0 radical (unpaired) electrons. The molecule has 0 heterocycles. The van der Waals surface area contributed by atoms with Crippen LogP contribution < -0.4 is 10.1 Å². The Labute approximate surface area is 128 Å². The zero-order valence-corrected chi connectivity index (χ0v) is 14.7. The lowest BCUT2D eigenvalue weighted by atomic mass is 10.2. The van der Waals surface area contributed by atoms with Gasteiger partial charge in [0, 0.05) is 10.5 Å². The molecule has 2 nitrogen and oxygen atoms in total. The van der Waals surface area contributed by atoms with E-state index in [0.29, 0.717) is 12.6 Å². The van der Waals surface area contributed by atoms with E-state index in [2.05, 4.69) is 67.0 Å². The summed E-state index contributed by atoms with van der Waals surface area (Å²) >= 11 is 10.4.